The van der Waals surface area contributed by atoms with Crippen LogP contribution in [0.2, 0.25) is 0 Å². The van der Waals surface area contributed by atoms with Crippen LogP contribution in [0.15, 0.2) is 24.3 Å². The summed E-state index contributed by atoms with van der Waals surface area (Å²) in [6.07, 6.45) is 5.81. The molecule has 1 heterocycles. The van der Waals surface area contributed by atoms with Crippen LogP contribution in [0.1, 0.15) is 45.1 Å². The van der Waals surface area contributed by atoms with Crippen molar-refractivity contribution in [3.63, 3.8) is 0 Å². The van der Waals surface area contributed by atoms with Crippen molar-refractivity contribution in [3.8, 4) is 5.75 Å². The third-order valence-electron chi connectivity index (χ3n) is 5.43. The number of piperidine rings is 1. The molecule has 1 aliphatic heterocycles. The first-order chi connectivity index (χ1) is 11.2. The summed E-state index contributed by atoms with van der Waals surface area (Å²) < 4.78 is 5.48. The predicted molar refractivity (Wildman–Crippen MR) is 92.5 cm³/mol. The van der Waals surface area contributed by atoms with E-state index < -0.39 is 0 Å². The molecule has 2 unspecified atom stereocenters. The number of aryl methyl sites for hydroxylation is 1. The molecule has 1 aliphatic carbocycles. The maximum atomic E-state index is 12.3. The van der Waals surface area contributed by atoms with Gasteiger partial charge in [-0.25, -0.2) is 0 Å². The number of nitrogens with zero attached hydrogens (tertiary/aromatic N) is 1. The largest absolute Gasteiger partial charge is 0.494 e. The molecule has 0 aromatic heterocycles. The smallest absolute Gasteiger partial charge is 0.225 e. The molecule has 2 fully saturated rings. The summed E-state index contributed by atoms with van der Waals surface area (Å²) in [6.45, 7) is 6.85. The Balaban J connectivity index is 1.39. The van der Waals surface area contributed by atoms with Crippen LogP contribution in [-0.4, -0.2) is 30.5 Å². The Morgan fingerprint density at radius 2 is 1.87 bits per heavy atom. The maximum absolute atomic E-state index is 12.3. The third-order valence-corrected chi connectivity index (χ3v) is 5.43. The zero-order valence-electron chi connectivity index (χ0n) is 14.5. The Hall–Kier alpha value is -1.51. The van der Waals surface area contributed by atoms with E-state index in [0.29, 0.717) is 17.7 Å². The second kappa shape index (κ2) is 7.37. The highest BCUT2D eigenvalue weighted by Gasteiger charge is 2.41. The number of carbonyl (C=O) groups is 1. The zero-order chi connectivity index (χ0) is 16.2. The van der Waals surface area contributed by atoms with E-state index in [4.69, 9.17) is 4.74 Å². The molecule has 3 heteroatoms. The van der Waals surface area contributed by atoms with Crippen molar-refractivity contribution >= 4 is 5.91 Å². The topological polar surface area (TPSA) is 29.5 Å². The molecular formula is C20H29NO2. The molecule has 0 N–H and O–H groups in total. The van der Waals surface area contributed by atoms with Crippen LogP contribution in [0.3, 0.4) is 0 Å². The number of benzene rings is 1. The number of hydrogen-bond acceptors (Lipinski definition) is 2. The normalized spacial score (nSPS) is 24.5. The van der Waals surface area contributed by atoms with Gasteiger partial charge in [0.2, 0.25) is 5.91 Å². The van der Waals surface area contributed by atoms with Crippen LogP contribution in [0.25, 0.3) is 0 Å². The van der Waals surface area contributed by atoms with Gasteiger partial charge in [0.15, 0.2) is 0 Å². The molecule has 1 aromatic carbocycles. The average molecular weight is 315 g/mol. The summed E-state index contributed by atoms with van der Waals surface area (Å²) in [5, 5.41) is 0. The van der Waals surface area contributed by atoms with E-state index in [2.05, 4.69) is 36.1 Å². The number of rotatable bonds is 6. The molecule has 3 rings (SSSR count). The second-order valence-electron chi connectivity index (χ2n) is 7.20. The molecule has 0 radical (unpaired) electrons. The number of amides is 1. The van der Waals surface area contributed by atoms with E-state index >= 15 is 0 Å². The Morgan fingerprint density at radius 1 is 1.22 bits per heavy atom. The van der Waals surface area contributed by atoms with E-state index in [-0.39, 0.29) is 0 Å². The molecule has 0 spiro atoms. The fourth-order valence-electron chi connectivity index (χ4n) is 3.63. The van der Waals surface area contributed by atoms with E-state index in [1.807, 2.05) is 6.92 Å². The second-order valence-corrected chi connectivity index (χ2v) is 7.20. The van der Waals surface area contributed by atoms with Crippen molar-refractivity contribution in [2.45, 2.75) is 46.0 Å². The SMILES string of the molecule is CCOc1ccc(CCC2CCN(C(=O)C3CC3C)CC2)cc1. The lowest BCUT2D eigenvalue weighted by molar-refractivity contribution is -0.134. The van der Waals surface area contributed by atoms with Gasteiger partial charge < -0.3 is 9.64 Å². The van der Waals surface area contributed by atoms with Gasteiger partial charge in [-0.1, -0.05) is 19.1 Å². The summed E-state index contributed by atoms with van der Waals surface area (Å²) in [5.41, 5.74) is 1.39. The van der Waals surface area contributed by atoms with Gasteiger partial charge in [0.25, 0.3) is 0 Å². The highest BCUT2D eigenvalue weighted by molar-refractivity contribution is 5.81. The zero-order valence-corrected chi connectivity index (χ0v) is 14.5. The molecule has 126 valence electrons. The van der Waals surface area contributed by atoms with Gasteiger partial charge in [-0.3, -0.25) is 4.79 Å². The molecule has 1 saturated carbocycles. The Labute approximate surface area is 140 Å². The standard InChI is InChI=1S/C20H29NO2/c1-3-23-18-8-6-16(7-9-18)4-5-17-10-12-21(13-11-17)20(22)19-14-15(19)2/h6-9,15,17,19H,3-5,10-14H2,1-2H3. The minimum atomic E-state index is 0.343. The first-order valence-corrected chi connectivity index (χ1v) is 9.18. The van der Waals surface area contributed by atoms with Crippen LogP contribution in [0.5, 0.6) is 5.75 Å². The van der Waals surface area contributed by atoms with Crippen LogP contribution in [0.4, 0.5) is 0 Å². The van der Waals surface area contributed by atoms with Crippen molar-refractivity contribution in [1.82, 2.24) is 4.90 Å². The molecular weight excluding hydrogens is 286 g/mol. The highest BCUT2D eigenvalue weighted by Crippen LogP contribution is 2.40. The van der Waals surface area contributed by atoms with Gasteiger partial charge in [0.1, 0.15) is 5.75 Å². The number of carbonyl (C=O) groups excluding carboxylic acids is 1. The maximum Gasteiger partial charge on any atom is 0.225 e. The van der Waals surface area contributed by atoms with Crippen molar-refractivity contribution in [2.24, 2.45) is 17.8 Å². The summed E-state index contributed by atoms with van der Waals surface area (Å²) >= 11 is 0. The molecule has 1 saturated heterocycles. The first kappa shape index (κ1) is 16.4. The van der Waals surface area contributed by atoms with Crippen molar-refractivity contribution < 1.29 is 9.53 Å². The monoisotopic (exact) mass is 315 g/mol. The molecule has 23 heavy (non-hydrogen) atoms. The lowest BCUT2D eigenvalue weighted by Crippen LogP contribution is -2.39. The van der Waals surface area contributed by atoms with Gasteiger partial charge >= 0.3 is 0 Å². The summed E-state index contributed by atoms with van der Waals surface area (Å²) in [5.74, 6) is 3.11. The lowest BCUT2D eigenvalue weighted by atomic mass is 9.90. The highest BCUT2D eigenvalue weighted by atomic mass is 16.5. The van der Waals surface area contributed by atoms with E-state index in [1.165, 1.54) is 24.8 Å². The summed E-state index contributed by atoms with van der Waals surface area (Å²) in [6, 6.07) is 8.49. The Morgan fingerprint density at radius 3 is 2.43 bits per heavy atom. The molecule has 3 nitrogen and oxygen atoms in total. The van der Waals surface area contributed by atoms with Gasteiger partial charge in [-0.05, 0) is 68.6 Å². The minimum Gasteiger partial charge on any atom is -0.494 e. The lowest BCUT2D eigenvalue weighted by Gasteiger charge is -2.32. The quantitative estimate of drug-likeness (QED) is 0.796. The van der Waals surface area contributed by atoms with Gasteiger partial charge in [0.05, 0.1) is 6.61 Å². The molecule has 1 amide bonds. The summed E-state index contributed by atoms with van der Waals surface area (Å²) in [4.78, 5) is 14.4. The Kier molecular flexibility index (Phi) is 5.24. The van der Waals surface area contributed by atoms with E-state index in [0.717, 1.165) is 44.2 Å². The number of likely N-dealkylation sites (tertiary alicyclic amines) is 1. The number of ether oxygens (including phenoxy) is 1. The van der Waals surface area contributed by atoms with Crippen LogP contribution in [0, 0.1) is 17.8 Å². The molecule has 2 atom stereocenters. The van der Waals surface area contributed by atoms with Gasteiger partial charge in [0, 0.05) is 19.0 Å². The Bertz CT molecular complexity index is 517. The van der Waals surface area contributed by atoms with Crippen molar-refractivity contribution in [1.29, 1.82) is 0 Å². The van der Waals surface area contributed by atoms with Crippen LogP contribution < -0.4 is 4.74 Å². The first-order valence-electron chi connectivity index (χ1n) is 9.18. The van der Waals surface area contributed by atoms with Crippen LogP contribution >= 0.6 is 0 Å². The van der Waals surface area contributed by atoms with Crippen LogP contribution in [-0.2, 0) is 11.2 Å². The van der Waals surface area contributed by atoms with Gasteiger partial charge in [-0.15, -0.1) is 0 Å². The minimum absolute atomic E-state index is 0.343. The van der Waals surface area contributed by atoms with Gasteiger partial charge in [-0.2, -0.15) is 0 Å². The van der Waals surface area contributed by atoms with Crippen molar-refractivity contribution in [3.05, 3.63) is 29.8 Å². The summed E-state index contributed by atoms with van der Waals surface area (Å²) in [7, 11) is 0. The molecule has 1 aromatic rings. The third kappa shape index (κ3) is 4.27. The molecule has 2 aliphatic rings. The fourth-order valence-corrected chi connectivity index (χ4v) is 3.63. The number of hydrogen-bond donors (Lipinski definition) is 0. The van der Waals surface area contributed by atoms with E-state index in [9.17, 15) is 4.79 Å². The predicted octanol–water partition coefficient (Wildman–Crippen LogP) is 3.91. The van der Waals surface area contributed by atoms with E-state index in [1.54, 1.807) is 0 Å². The van der Waals surface area contributed by atoms with Crippen molar-refractivity contribution in [2.75, 3.05) is 19.7 Å². The fraction of sp³-hybridized carbons (Fsp3) is 0.650. The average Bonchev–Trinajstić information content (AvgIpc) is 3.31. The molecule has 0 bridgehead atoms.